The number of ether oxygens (including phenoxy) is 3. The van der Waals surface area contributed by atoms with Gasteiger partial charge in [0.1, 0.15) is 17.2 Å². The summed E-state index contributed by atoms with van der Waals surface area (Å²) in [4.78, 5) is 12.0. The summed E-state index contributed by atoms with van der Waals surface area (Å²) in [6.07, 6.45) is 0.634. The topological polar surface area (TPSA) is 68.8 Å². The Morgan fingerprint density at radius 1 is 1.12 bits per heavy atom. The van der Waals surface area contributed by atoms with Crippen molar-refractivity contribution >= 4 is 39.2 Å². The molecule has 2 amide bonds. The minimum absolute atomic E-state index is 0.335. The highest BCUT2D eigenvalue weighted by atomic mass is 79.9. The lowest BCUT2D eigenvalue weighted by Gasteiger charge is -2.13. The SMILES string of the molecule is COc1ccc(OC)c(NC(=O)NCCCOc2ccc(Br)cc2Cl)c1. The van der Waals surface area contributed by atoms with Crippen LogP contribution in [0.25, 0.3) is 0 Å². The fraction of sp³-hybridized carbons (Fsp3) is 0.278. The number of methoxy groups -OCH3 is 2. The molecule has 0 aliphatic carbocycles. The molecule has 8 heteroatoms. The molecular formula is C18H20BrClN2O4. The van der Waals surface area contributed by atoms with E-state index < -0.39 is 0 Å². The number of hydrogen-bond donors (Lipinski definition) is 2. The van der Waals surface area contributed by atoms with Gasteiger partial charge in [-0.05, 0) is 36.8 Å². The van der Waals surface area contributed by atoms with Crippen LogP contribution >= 0.6 is 27.5 Å². The minimum atomic E-state index is -0.335. The number of halogens is 2. The van der Waals surface area contributed by atoms with Gasteiger partial charge in [-0.15, -0.1) is 0 Å². The second kappa shape index (κ2) is 10.1. The van der Waals surface area contributed by atoms with Crippen LogP contribution in [0.2, 0.25) is 5.02 Å². The normalized spacial score (nSPS) is 10.2. The molecule has 2 rings (SSSR count). The van der Waals surface area contributed by atoms with E-state index in [4.69, 9.17) is 25.8 Å². The molecule has 2 aromatic rings. The Morgan fingerprint density at radius 3 is 2.58 bits per heavy atom. The van der Waals surface area contributed by atoms with Gasteiger partial charge in [-0.2, -0.15) is 0 Å². The minimum Gasteiger partial charge on any atom is -0.497 e. The van der Waals surface area contributed by atoms with E-state index in [0.717, 1.165) is 4.47 Å². The fourth-order valence-electron chi connectivity index (χ4n) is 2.13. The van der Waals surface area contributed by atoms with Crippen LogP contribution in [0.5, 0.6) is 17.2 Å². The number of benzene rings is 2. The average Bonchev–Trinajstić information content (AvgIpc) is 2.63. The molecule has 2 aromatic carbocycles. The Hall–Kier alpha value is -2.12. The first-order chi connectivity index (χ1) is 12.5. The molecule has 0 bridgehead atoms. The van der Waals surface area contributed by atoms with Gasteiger partial charge in [-0.1, -0.05) is 27.5 Å². The van der Waals surface area contributed by atoms with Gasteiger partial charge >= 0.3 is 6.03 Å². The number of hydrogen-bond acceptors (Lipinski definition) is 4. The third-order valence-corrected chi connectivity index (χ3v) is 4.20. The second-order valence-corrected chi connectivity index (χ2v) is 6.55. The van der Waals surface area contributed by atoms with Crippen molar-refractivity contribution < 1.29 is 19.0 Å². The predicted molar refractivity (Wildman–Crippen MR) is 106 cm³/mol. The molecule has 0 aromatic heterocycles. The van der Waals surface area contributed by atoms with Gasteiger partial charge in [0.05, 0.1) is 31.5 Å². The largest absolute Gasteiger partial charge is 0.497 e. The van der Waals surface area contributed by atoms with Crippen LogP contribution in [0.1, 0.15) is 6.42 Å². The van der Waals surface area contributed by atoms with Crippen LogP contribution in [0.15, 0.2) is 40.9 Å². The monoisotopic (exact) mass is 442 g/mol. The maximum absolute atomic E-state index is 12.0. The van der Waals surface area contributed by atoms with E-state index in [0.29, 0.717) is 47.5 Å². The van der Waals surface area contributed by atoms with Gasteiger partial charge in [-0.3, -0.25) is 0 Å². The third kappa shape index (κ3) is 6.00. The summed E-state index contributed by atoms with van der Waals surface area (Å²) < 4.78 is 16.9. The lowest BCUT2D eigenvalue weighted by molar-refractivity contribution is 0.250. The molecule has 0 aliphatic heterocycles. The first-order valence-corrected chi connectivity index (χ1v) is 9.05. The van der Waals surface area contributed by atoms with Crippen LogP contribution in [0, 0.1) is 0 Å². The number of carbonyl (C=O) groups excluding carboxylic acids is 1. The van der Waals surface area contributed by atoms with Crippen molar-refractivity contribution in [3.63, 3.8) is 0 Å². The molecule has 0 fully saturated rings. The van der Waals surface area contributed by atoms with E-state index in [-0.39, 0.29) is 6.03 Å². The van der Waals surface area contributed by atoms with Crippen LogP contribution in [-0.4, -0.2) is 33.4 Å². The van der Waals surface area contributed by atoms with Gasteiger partial charge in [-0.25, -0.2) is 4.79 Å². The Bertz CT molecular complexity index is 758. The molecule has 0 aliphatic rings. The highest BCUT2D eigenvalue weighted by Gasteiger charge is 2.09. The summed E-state index contributed by atoms with van der Waals surface area (Å²) in [6.45, 7) is 0.885. The van der Waals surface area contributed by atoms with Gasteiger partial charge in [0, 0.05) is 17.1 Å². The average molecular weight is 444 g/mol. The van der Waals surface area contributed by atoms with Crippen molar-refractivity contribution in [2.24, 2.45) is 0 Å². The molecule has 140 valence electrons. The Balaban J connectivity index is 1.75. The zero-order valence-corrected chi connectivity index (χ0v) is 16.8. The molecule has 0 spiro atoms. The number of urea groups is 1. The Morgan fingerprint density at radius 2 is 1.88 bits per heavy atom. The van der Waals surface area contributed by atoms with Crippen LogP contribution < -0.4 is 24.8 Å². The quantitative estimate of drug-likeness (QED) is 0.580. The summed E-state index contributed by atoms with van der Waals surface area (Å²) in [7, 11) is 3.10. The molecular weight excluding hydrogens is 424 g/mol. The summed E-state index contributed by atoms with van der Waals surface area (Å²) in [5.74, 6) is 1.79. The van der Waals surface area contributed by atoms with Crippen molar-refractivity contribution in [1.82, 2.24) is 5.32 Å². The number of carbonyl (C=O) groups is 1. The van der Waals surface area contributed by atoms with Crippen molar-refractivity contribution in [3.8, 4) is 17.2 Å². The third-order valence-electron chi connectivity index (χ3n) is 3.41. The summed E-state index contributed by atoms with van der Waals surface area (Å²) in [6, 6.07) is 10.3. The predicted octanol–water partition coefficient (Wildman–Crippen LogP) is 4.71. The summed E-state index contributed by atoms with van der Waals surface area (Å²) in [5, 5.41) is 6.04. The van der Waals surface area contributed by atoms with Gasteiger partial charge in [0.2, 0.25) is 0 Å². The second-order valence-electron chi connectivity index (χ2n) is 5.22. The van der Waals surface area contributed by atoms with E-state index in [2.05, 4.69) is 26.6 Å². The molecule has 0 saturated carbocycles. The molecule has 0 unspecified atom stereocenters. The molecule has 26 heavy (non-hydrogen) atoms. The number of anilines is 1. The van der Waals surface area contributed by atoms with E-state index >= 15 is 0 Å². The number of amides is 2. The maximum Gasteiger partial charge on any atom is 0.319 e. The highest BCUT2D eigenvalue weighted by Crippen LogP contribution is 2.29. The summed E-state index contributed by atoms with van der Waals surface area (Å²) in [5.41, 5.74) is 0.530. The molecule has 0 radical (unpaired) electrons. The number of rotatable bonds is 8. The van der Waals surface area contributed by atoms with Crippen molar-refractivity contribution in [2.75, 3.05) is 32.7 Å². The summed E-state index contributed by atoms with van der Waals surface area (Å²) >= 11 is 9.42. The highest BCUT2D eigenvalue weighted by molar-refractivity contribution is 9.10. The fourth-order valence-corrected chi connectivity index (χ4v) is 2.85. The Kier molecular flexibility index (Phi) is 7.87. The molecule has 0 saturated heterocycles. The zero-order chi connectivity index (χ0) is 18.9. The molecule has 6 nitrogen and oxygen atoms in total. The smallest absolute Gasteiger partial charge is 0.319 e. The van der Waals surface area contributed by atoms with Crippen molar-refractivity contribution in [1.29, 1.82) is 0 Å². The van der Waals surface area contributed by atoms with Gasteiger partial charge in [0.15, 0.2) is 0 Å². The standard InChI is InChI=1S/C18H20BrClN2O4/c1-24-13-5-7-17(25-2)15(11-13)22-18(23)21-8-3-9-26-16-6-4-12(19)10-14(16)20/h4-7,10-11H,3,8-9H2,1-2H3,(H2,21,22,23). The lowest BCUT2D eigenvalue weighted by atomic mass is 10.2. The van der Waals surface area contributed by atoms with Gasteiger partial charge in [0.25, 0.3) is 0 Å². The molecule has 0 atom stereocenters. The molecule has 0 heterocycles. The first kappa shape index (κ1) is 20.2. The Labute approximate surface area is 165 Å². The van der Waals surface area contributed by atoms with E-state index in [1.165, 1.54) is 7.11 Å². The zero-order valence-electron chi connectivity index (χ0n) is 14.5. The van der Waals surface area contributed by atoms with E-state index in [9.17, 15) is 4.79 Å². The van der Waals surface area contributed by atoms with Crippen molar-refractivity contribution in [2.45, 2.75) is 6.42 Å². The van der Waals surface area contributed by atoms with Gasteiger partial charge < -0.3 is 24.8 Å². The number of nitrogens with one attached hydrogen (secondary N) is 2. The van der Waals surface area contributed by atoms with Crippen LogP contribution in [0.3, 0.4) is 0 Å². The van der Waals surface area contributed by atoms with Crippen LogP contribution in [0.4, 0.5) is 10.5 Å². The van der Waals surface area contributed by atoms with E-state index in [1.807, 2.05) is 6.07 Å². The first-order valence-electron chi connectivity index (χ1n) is 7.88. The maximum atomic E-state index is 12.0. The van der Waals surface area contributed by atoms with E-state index in [1.54, 1.807) is 37.4 Å². The van der Waals surface area contributed by atoms with Crippen molar-refractivity contribution in [3.05, 3.63) is 45.9 Å². The van der Waals surface area contributed by atoms with Crippen LogP contribution in [-0.2, 0) is 0 Å². The molecule has 2 N–H and O–H groups in total. The lowest BCUT2D eigenvalue weighted by Crippen LogP contribution is -2.30.